The highest BCUT2D eigenvalue weighted by Gasteiger charge is 2.10. The fraction of sp³-hybridized carbons (Fsp3) is 0.125. The summed E-state index contributed by atoms with van der Waals surface area (Å²) in [7, 11) is 0. The van der Waals surface area contributed by atoms with E-state index in [1.807, 2.05) is 29.1 Å². The third-order valence-corrected chi connectivity index (χ3v) is 4.32. The maximum Gasteiger partial charge on any atom is 0.122 e. The van der Waals surface area contributed by atoms with Gasteiger partial charge in [0.15, 0.2) is 0 Å². The van der Waals surface area contributed by atoms with Gasteiger partial charge in [0, 0.05) is 10.0 Å². The summed E-state index contributed by atoms with van der Waals surface area (Å²) in [5, 5.41) is 7.50. The van der Waals surface area contributed by atoms with Gasteiger partial charge in [-0.1, -0.05) is 0 Å². The molecule has 0 saturated carbocycles. The van der Waals surface area contributed by atoms with Crippen LogP contribution in [0.15, 0.2) is 41.1 Å². The molecule has 0 aliphatic rings. The maximum absolute atomic E-state index is 7.50. The van der Waals surface area contributed by atoms with Crippen LogP contribution >= 0.6 is 15.9 Å². The lowest BCUT2D eigenvalue weighted by atomic mass is 10.1. The highest BCUT2D eigenvalue weighted by Crippen LogP contribution is 2.27. The molecule has 106 valence electrons. The Morgan fingerprint density at radius 3 is 2.57 bits per heavy atom. The summed E-state index contributed by atoms with van der Waals surface area (Å²) in [6, 6.07) is 9.87. The molecule has 0 saturated heterocycles. The zero-order valence-corrected chi connectivity index (χ0v) is 13.4. The molecule has 0 aliphatic heterocycles. The van der Waals surface area contributed by atoms with Crippen molar-refractivity contribution in [2.24, 2.45) is 5.73 Å². The Morgan fingerprint density at radius 2 is 1.90 bits per heavy atom. The van der Waals surface area contributed by atoms with E-state index in [1.165, 1.54) is 11.1 Å². The van der Waals surface area contributed by atoms with E-state index in [2.05, 4.69) is 46.9 Å². The Kier molecular flexibility index (Phi) is 3.29. The Labute approximate surface area is 131 Å². The molecule has 0 bridgehead atoms. The predicted molar refractivity (Wildman–Crippen MR) is 89.3 cm³/mol. The van der Waals surface area contributed by atoms with Gasteiger partial charge < -0.3 is 5.73 Å². The zero-order valence-electron chi connectivity index (χ0n) is 11.8. The van der Waals surface area contributed by atoms with Crippen molar-refractivity contribution in [2.45, 2.75) is 13.8 Å². The van der Waals surface area contributed by atoms with E-state index in [-0.39, 0.29) is 5.84 Å². The number of rotatable bonds is 2. The van der Waals surface area contributed by atoms with Crippen LogP contribution < -0.4 is 5.73 Å². The number of nitrogens with one attached hydrogen (secondary N) is 1. The summed E-state index contributed by atoms with van der Waals surface area (Å²) in [6.07, 6.45) is 1.82. The van der Waals surface area contributed by atoms with Crippen molar-refractivity contribution >= 4 is 32.8 Å². The molecule has 0 unspecified atom stereocenters. The first-order chi connectivity index (χ1) is 9.97. The molecule has 21 heavy (non-hydrogen) atoms. The average molecular weight is 343 g/mol. The van der Waals surface area contributed by atoms with Gasteiger partial charge in [-0.15, -0.1) is 0 Å². The second kappa shape index (κ2) is 5.00. The van der Waals surface area contributed by atoms with Crippen LogP contribution in [0.5, 0.6) is 0 Å². The van der Waals surface area contributed by atoms with Gasteiger partial charge in [0.1, 0.15) is 12.2 Å². The van der Waals surface area contributed by atoms with E-state index in [0.29, 0.717) is 5.56 Å². The van der Waals surface area contributed by atoms with Crippen molar-refractivity contribution in [3.8, 4) is 5.69 Å². The highest BCUT2D eigenvalue weighted by atomic mass is 79.9. The molecule has 0 spiro atoms. The van der Waals surface area contributed by atoms with Gasteiger partial charge in [-0.25, -0.2) is 4.98 Å². The van der Waals surface area contributed by atoms with Gasteiger partial charge in [0.2, 0.25) is 0 Å². The molecule has 3 N–H and O–H groups in total. The minimum Gasteiger partial charge on any atom is -0.384 e. The molecule has 2 aromatic carbocycles. The lowest BCUT2D eigenvalue weighted by Gasteiger charge is -2.09. The Bertz CT molecular complexity index is 864. The molecule has 1 heterocycles. The molecular weight excluding hydrogens is 328 g/mol. The second-order valence-electron chi connectivity index (χ2n) is 5.12. The van der Waals surface area contributed by atoms with Crippen molar-refractivity contribution in [3.05, 3.63) is 57.8 Å². The molecule has 3 rings (SSSR count). The predicted octanol–water partition coefficient (Wildman–Crippen LogP) is 3.69. The van der Waals surface area contributed by atoms with Crippen LogP contribution in [-0.4, -0.2) is 15.4 Å². The van der Waals surface area contributed by atoms with E-state index >= 15 is 0 Å². The minimum atomic E-state index is 0.0595. The third-order valence-electron chi connectivity index (χ3n) is 3.68. The monoisotopic (exact) mass is 342 g/mol. The van der Waals surface area contributed by atoms with Crippen molar-refractivity contribution < 1.29 is 0 Å². The van der Waals surface area contributed by atoms with Gasteiger partial charge in [-0.2, -0.15) is 0 Å². The normalized spacial score (nSPS) is 11.0. The second-order valence-corrected chi connectivity index (χ2v) is 5.97. The van der Waals surface area contributed by atoms with E-state index < -0.39 is 0 Å². The zero-order chi connectivity index (χ0) is 15.1. The summed E-state index contributed by atoms with van der Waals surface area (Å²) >= 11 is 3.55. The Hall–Kier alpha value is -2.14. The van der Waals surface area contributed by atoms with Crippen LogP contribution in [0.25, 0.3) is 16.7 Å². The van der Waals surface area contributed by atoms with Gasteiger partial charge in [-0.3, -0.25) is 9.98 Å². The molecule has 0 radical (unpaired) electrons. The molecular formula is C16H15BrN4. The molecule has 0 aliphatic carbocycles. The fourth-order valence-corrected chi connectivity index (χ4v) is 2.90. The number of nitrogens with two attached hydrogens (primary N) is 1. The van der Waals surface area contributed by atoms with Crippen LogP contribution in [0, 0.1) is 19.3 Å². The van der Waals surface area contributed by atoms with Crippen molar-refractivity contribution in [1.82, 2.24) is 9.55 Å². The molecule has 4 nitrogen and oxygen atoms in total. The first-order valence-electron chi connectivity index (χ1n) is 6.56. The van der Waals surface area contributed by atoms with E-state index in [4.69, 9.17) is 11.1 Å². The SMILES string of the molecule is Cc1cc2ncn(-c3ccc(C(=N)N)cc3Br)c2cc1C. The van der Waals surface area contributed by atoms with Crippen LogP contribution in [-0.2, 0) is 0 Å². The average Bonchev–Trinajstić information content (AvgIpc) is 2.82. The van der Waals surface area contributed by atoms with E-state index in [0.717, 1.165) is 21.2 Å². The van der Waals surface area contributed by atoms with Crippen LogP contribution in [0.1, 0.15) is 16.7 Å². The number of amidine groups is 1. The highest BCUT2D eigenvalue weighted by molar-refractivity contribution is 9.10. The molecule has 0 amide bonds. The number of imidazole rings is 1. The van der Waals surface area contributed by atoms with E-state index in [9.17, 15) is 0 Å². The molecule has 0 atom stereocenters. The quantitative estimate of drug-likeness (QED) is 0.550. The number of hydrogen-bond donors (Lipinski definition) is 2. The van der Waals surface area contributed by atoms with Crippen molar-refractivity contribution in [3.63, 3.8) is 0 Å². The van der Waals surface area contributed by atoms with Gasteiger partial charge in [0.25, 0.3) is 0 Å². The first-order valence-corrected chi connectivity index (χ1v) is 7.35. The van der Waals surface area contributed by atoms with Crippen LogP contribution in [0.3, 0.4) is 0 Å². The minimum absolute atomic E-state index is 0.0595. The van der Waals surface area contributed by atoms with Crippen molar-refractivity contribution in [2.75, 3.05) is 0 Å². The third kappa shape index (κ3) is 2.34. The summed E-state index contributed by atoms with van der Waals surface area (Å²) in [6.45, 7) is 4.19. The molecule has 5 heteroatoms. The number of aromatic nitrogens is 2. The largest absolute Gasteiger partial charge is 0.384 e. The summed E-state index contributed by atoms with van der Waals surface area (Å²) in [5.41, 5.74) is 11.7. The van der Waals surface area contributed by atoms with Gasteiger partial charge >= 0.3 is 0 Å². The number of halogens is 1. The number of nitrogens with zero attached hydrogens (tertiary/aromatic N) is 2. The first kappa shape index (κ1) is 13.8. The summed E-state index contributed by atoms with van der Waals surface area (Å²) in [4.78, 5) is 4.47. The fourth-order valence-electron chi connectivity index (χ4n) is 2.33. The van der Waals surface area contributed by atoms with Gasteiger partial charge in [-0.05, 0) is 71.2 Å². The smallest absolute Gasteiger partial charge is 0.122 e. The van der Waals surface area contributed by atoms with E-state index in [1.54, 1.807) is 0 Å². The number of hydrogen-bond acceptors (Lipinski definition) is 2. The van der Waals surface area contributed by atoms with Crippen LogP contribution in [0.2, 0.25) is 0 Å². The number of nitrogen functional groups attached to an aromatic ring is 1. The number of aryl methyl sites for hydroxylation is 2. The maximum atomic E-state index is 7.50. The van der Waals surface area contributed by atoms with Crippen LogP contribution in [0.4, 0.5) is 0 Å². The van der Waals surface area contributed by atoms with Gasteiger partial charge in [0.05, 0.1) is 16.7 Å². The number of fused-ring (bicyclic) bond motifs is 1. The number of benzene rings is 2. The lowest BCUT2D eigenvalue weighted by molar-refractivity contribution is 1.08. The molecule has 1 aromatic heterocycles. The van der Waals surface area contributed by atoms with Crippen molar-refractivity contribution in [1.29, 1.82) is 5.41 Å². The Balaban J connectivity index is 2.21. The summed E-state index contributed by atoms with van der Waals surface area (Å²) in [5.74, 6) is 0.0595. The molecule has 0 fully saturated rings. The molecule has 3 aromatic rings. The lowest BCUT2D eigenvalue weighted by Crippen LogP contribution is -2.11. The topological polar surface area (TPSA) is 67.7 Å². The summed E-state index contributed by atoms with van der Waals surface area (Å²) < 4.78 is 2.92. The Morgan fingerprint density at radius 1 is 1.19 bits per heavy atom. The standard InChI is InChI=1S/C16H15BrN4/c1-9-5-13-15(6-10(9)2)21(8-20-13)14-4-3-11(16(18)19)7-12(14)17/h3-8H,1-2H3,(H3,18,19).